The number of β-amino-alcohol motifs (C(OH)–C–C–N with tert-alkyl or cyclic N) is 1. The molecule has 23 heavy (non-hydrogen) atoms. The molecule has 1 saturated heterocycles. The van der Waals surface area contributed by atoms with E-state index in [4.69, 9.17) is 9.47 Å². The lowest BCUT2D eigenvalue weighted by Gasteiger charge is -2.37. The summed E-state index contributed by atoms with van der Waals surface area (Å²) in [7, 11) is 0. The Labute approximate surface area is 136 Å². The lowest BCUT2D eigenvalue weighted by molar-refractivity contribution is -0.0149. The SMILES string of the molecule is OC1(CN2CCOCC2)c2ccccc2COc2ccccc21. The van der Waals surface area contributed by atoms with E-state index in [-0.39, 0.29) is 0 Å². The van der Waals surface area contributed by atoms with Crippen LogP contribution in [-0.4, -0.2) is 42.9 Å². The van der Waals surface area contributed by atoms with Gasteiger partial charge in [0.2, 0.25) is 0 Å². The summed E-state index contributed by atoms with van der Waals surface area (Å²) in [6.45, 7) is 4.15. The van der Waals surface area contributed by atoms with Crippen molar-refractivity contribution in [3.63, 3.8) is 0 Å². The summed E-state index contributed by atoms with van der Waals surface area (Å²) in [6.07, 6.45) is 0. The van der Waals surface area contributed by atoms with Gasteiger partial charge in [-0.15, -0.1) is 0 Å². The van der Waals surface area contributed by atoms with Crippen LogP contribution in [0.1, 0.15) is 16.7 Å². The number of hydrogen-bond donors (Lipinski definition) is 1. The topological polar surface area (TPSA) is 41.9 Å². The van der Waals surface area contributed by atoms with Gasteiger partial charge in [0.25, 0.3) is 0 Å². The van der Waals surface area contributed by atoms with Crippen LogP contribution in [0.5, 0.6) is 5.75 Å². The Morgan fingerprint density at radius 3 is 2.48 bits per heavy atom. The predicted molar refractivity (Wildman–Crippen MR) is 87.5 cm³/mol. The largest absolute Gasteiger partial charge is 0.488 e. The van der Waals surface area contributed by atoms with Crippen LogP contribution < -0.4 is 4.74 Å². The number of para-hydroxylation sites is 1. The van der Waals surface area contributed by atoms with Crippen LogP contribution in [0.25, 0.3) is 0 Å². The highest BCUT2D eigenvalue weighted by Crippen LogP contribution is 2.41. The van der Waals surface area contributed by atoms with Gasteiger partial charge in [-0.1, -0.05) is 42.5 Å². The van der Waals surface area contributed by atoms with Crippen molar-refractivity contribution in [2.75, 3.05) is 32.8 Å². The maximum Gasteiger partial charge on any atom is 0.131 e. The summed E-state index contributed by atoms with van der Waals surface area (Å²) in [5, 5.41) is 11.7. The highest BCUT2D eigenvalue weighted by molar-refractivity contribution is 5.49. The van der Waals surface area contributed by atoms with Gasteiger partial charge in [-0.2, -0.15) is 0 Å². The Kier molecular flexibility index (Phi) is 3.81. The van der Waals surface area contributed by atoms with E-state index in [9.17, 15) is 5.11 Å². The lowest BCUT2D eigenvalue weighted by Crippen LogP contribution is -2.46. The first-order valence-electron chi connectivity index (χ1n) is 8.10. The number of fused-ring (bicyclic) bond motifs is 2. The van der Waals surface area contributed by atoms with E-state index in [2.05, 4.69) is 4.90 Å². The second-order valence-electron chi connectivity index (χ2n) is 6.19. The minimum atomic E-state index is -1.07. The molecule has 1 fully saturated rings. The van der Waals surface area contributed by atoms with Gasteiger partial charge in [-0.25, -0.2) is 0 Å². The number of rotatable bonds is 2. The first kappa shape index (κ1) is 14.7. The van der Waals surface area contributed by atoms with Crippen LogP contribution in [0.3, 0.4) is 0 Å². The Hall–Kier alpha value is -1.88. The molecule has 2 aromatic carbocycles. The third-order valence-corrected chi connectivity index (χ3v) is 4.73. The van der Waals surface area contributed by atoms with Crippen molar-refractivity contribution < 1.29 is 14.6 Å². The number of benzene rings is 2. The summed E-state index contributed by atoms with van der Waals surface area (Å²) in [5.74, 6) is 0.763. The molecule has 4 heteroatoms. The Morgan fingerprint density at radius 2 is 1.65 bits per heavy atom. The maximum atomic E-state index is 11.7. The second-order valence-corrected chi connectivity index (χ2v) is 6.19. The van der Waals surface area contributed by atoms with E-state index in [1.54, 1.807) is 0 Å². The molecule has 1 N–H and O–H groups in total. The highest BCUT2D eigenvalue weighted by atomic mass is 16.5. The van der Waals surface area contributed by atoms with Crippen LogP contribution in [-0.2, 0) is 16.9 Å². The zero-order chi connectivity index (χ0) is 15.7. The van der Waals surface area contributed by atoms with Gasteiger partial charge in [0.1, 0.15) is 18.0 Å². The fraction of sp³-hybridized carbons (Fsp3) is 0.368. The maximum absolute atomic E-state index is 11.7. The van der Waals surface area contributed by atoms with E-state index in [0.717, 1.165) is 48.7 Å². The van der Waals surface area contributed by atoms with Crippen molar-refractivity contribution in [2.45, 2.75) is 12.2 Å². The average molecular weight is 311 g/mol. The molecule has 0 radical (unpaired) electrons. The molecule has 2 aliphatic rings. The minimum absolute atomic E-state index is 0.485. The van der Waals surface area contributed by atoms with Crippen LogP contribution >= 0.6 is 0 Å². The molecule has 4 rings (SSSR count). The molecule has 1 atom stereocenters. The smallest absolute Gasteiger partial charge is 0.131 e. The molecule has 0 spiro atoms. The Bertz CT molecular complexity index is 647. The van der Waals surface area contributed by atoms with Gasteiger partial charge in [-0.05, 0) is 17.2 Å². The van der Waals surface area contributed by atoms with Gasteiger partial charge in [-0.3, -0.25) is 4.90 Å². The average Bonchev–Trinajstić information content (AvgIpc) is 2.72. The van der Waals surface area contributed by atoms with Crippen molar-refractivity contribution in [1.29, 1.82) is 0 Å². The van der Waals surface area contributed by atoms with Crippen molar-refractivity contribution in [1.82, 2.24) is 4.90 Å². The lowest BCUT2D eigenvalue weighted by atomic mass is 9.83. The predicted octanol–water partition coefficient (Wildman–Crippen LogP) is 2.15. The third-order valence-electron chi connectivity index (χ3n) is 4.73. The van der Waals surface area contributed by atoms with Crippen molar-refractivity contribution >= 4 is 0 Å². The third kappa shape index (κ3) is 2.63. The molecule has 0 saturated carbocycles. The van der Waals surface area contributed by atoms with E-state index in [0.29, 0.717) is 13.2 Å². The molecule has 2 aliphatic heterocycles. The fourth-order valence-corrected chi connectivity index (χ4v) is 3.54. The Morgan fingerprint density at radius 1 is 0.957 bits per heavy atom. The fourth-order valence-electron chi connectivity index (χ4n) is 3.54. The van der Waals surface area contributed by atoms with E-state index in [1.807, 2.05) is 48.5 Å². The zero-order valence-electron chi connectivity index (χ0n) is 13.1. The molecule has 0 amide bonds. The molecular weight excluding hydrogens is 290 g/mol. The summed E-state index contributed by atoms with van der Waals surface area (Å²) in [5.41, 5.74) is 1.76. The second kappa shape index (κ2) is 5.96. The Balaban J connectivity index is 1.81. The molecule has 1 unspecified atom stereocenters. The standard InChI is InChI=1S/C19H21NO3/c21-19(14-20-9-11-22-12-10-20)16-6-2-1-5-15(16)13-23-18-8-4-3-7-17(18)19/h1-8,21H,9-14H2. The summed E-state index contributed by atoms with van der Waals surface area (Å²) >= 11 is 0. The van der Waals surface area contributed by atoms with Crippen LogP contribution in [0.2, 0.25) is 0 Å². The molecule has 2 heterocycles. The minimum Gasteiger partial charge on any atom is -0.488 e. The summed E-state index contributed by atoms with van der Waals surface area (Å²) in [4.78, 5) is 2.27. The number of morpholine rings is 1. The van der Waals surface area contributed by atoms with Crippen LogP contribution in [0.4, 0.5) is 0 Å². The normalized spacial score (nSPS) is 24.2. The number of aliphatic hydroxyl groups is 1. The van der Waals surface area contributed by atoms with Crippen molar-refractivity contribution in [3.8, 4) is 5.75 Å². The van der Waals surface area contributed by atoms with E-state index in [1.165, 1.54) is 0 Å². The summed E-state index contributed by atoms with van der Waals surface area (Å²) < 4.78 is 11.4. The molecule has 120 valence electrons. The van der Waals surface area contributed by atoms with Gasteiger partial charge < -0.3 is 14.6 Å². The number of nitrogens with zero attached hydrogens (tertiary/aromatic N) is 1. The first-order valence-corrected chi connectivity index (χ1v) is 8.10. The number of ether oxygens (including phenoxy) is 2. The van der Waals surface area contributed by atoms with Crippen molar-refractivity contribution in [2.24, 2.45) is 0 Å². The molecule has 2 aromatic rings. The van der Waals surface area contributed by atoms with Gasteiger partial charge in [0.05, 0.1) is 13.2 Å². The van der Waals surface area contributed by atoms with Gasteiger partial charge in [0.15, 0.2) is 0 Å². The summed E-state index contributed by atoms with van der Waals surface area (Å²) in [6, 6.07) is 15.8. The highest BCUT2D eigenvalue weighted by Gasteiger charge is 2.39. The monoisotopic (exact) mass is 311 g/mol. The van der Waals surface area contributed by atoms with Crippen LogP contribution in [0.15, 0.2) is 48.5 Å². The zero-order valence-corrected chi connectivity index (χ0v) is 13.1. The first-order chi connectivity index (χ1) is 11.3. The van der Waals surface area contributed by atoms with Crippen LogP contribution in [0, 0.1) is 0 Å². The van der Waals surface area contributed by atoms with Gasteiger partial charge >= 0.3 is 0 Å². The molecule has 0 aliphatic carbocycles. The molecule has 4 nitrogen and oxygen atoms in total. The molecule has 0 bridgehead atoms. The molecule has 0 aromatic heterocycles. The van der Waals surface area contributed by atoms with Gasteiger partial charge in [0, 0.05) is 25.2 Å². The molecular formula is C19H21NO3. The quantitative estimate of drug-likeness (QED) is 0.923. The van der Waals surface area contributed by atoms with E-state index < -0.39 is 5.60 Å². The van der Waals surface area contributed by atoms with E-state index >= 15 is 0 Å². The van der Waals surface area contributed by atoms with Crippen molar-refractivity contribution in [3.05, 3.63) is 65.2 Å². The number of hydrogen-bond acceptors (Lipinski definition) is 4.